The molecule has 2 aromatic rings. The molecule has 1 unspecified atom stereocenters. The Morgan fingerprint density at radius 1 is 1.33 bits per heavy atom. The highest BCUT2D eigenvalue weighted by Crippen LogP contribution is 2.32. The SMILES string of the molecule is CC(Nc1cc2c(cc1N)CCC(=O)N2)c1ccccn1. The van der Waals surface area contributed by atoms with E-state index < -0.39 is 0 Å². The standard InChI is InChI=1S/C16H18N4O/c1-10(13-4-2-3-7-18-13)19-15-9-14-11(8-12(15)17)5-6-16(21)20-14/h2-4,7-10,19H,5-6,17H2,1H3,(H,20,21). The second-order valence-electron chi connectivity index (χ2n) is 5.27. The molecule has 1 aliphatic heterocycles. The quantitative estimate of drug-likeness (QED) is 0.756. The molecule has 0 fully saturated rings. The van der Waals surface area contributed by atoms with Gasteiger partial charge in [-0.05, 0) is 43.2 Å². The van der Waals surface area contributed by atoms with Crippen molar-refractivity contribution in [3.8, 4) is 0 Å². The van der Waals surface area contributed by atoms with Crippen molar-refractivity contribution in [3.63, 3.8) is 0 Å². The lowest BCUT2D eigenvalue weighted by atomic mass is 10.0. The van der Waals surface area contributed by atoms with Gasteiger partial charge in [0, 0.05) is 18.3 Å². The minimum atomic E-state index is 0.0332. The zero-order valence-corrected chi connectivity index (χ0v) is 11.9. The molecule has 1 aromatic carbocycles. The van der Waals surface area contributed by atoms with Crippen molar-refractivity contribution >= 4 is 23.0 Å². The van der Waals surface area contributed by atoms with Crippen molar-refractivity contribution in [3.05, 3.63) is 47.8 Å². The Kier molecular flexibility index (Phi) is 3.48. The largest absolute Gasteiger partial charge is 0.397 e. The molecule has 5 heteroatoms. The van der Waals surface area contributed by atoms with Crippen molar-refractivity contribution in [2.24, 2.45) is 0 Å². The van der Waals surface area contributed by atoms with E-state index in [1.54, 1.807) is 6.20 Å². The lowest BCUT2D eigenvalue weighted by Gasteiger charge is -2.22. The summed E-state index contributed by atoms with van der Waals surface area (Å²) in [5.41, 5.74) is 10.5. The molecule has 0 radical (unpaired) electrons. The van der Waals surface area contributed by atoms with Gasteiger partial charge in [0.15, 0.2) is 0 Å². The number of amides is 1. The average Bonchev–Trinajstić information content (AvgIpc) is 2.49. The van der Waals surface area contributed by atoms with Crippen LogP contribution in [0.4, 0.5) is 17.1 Å². The van der Waals surface area contributed by atoms with Crippen LogP contribution >= 0.6 is 0 Å². The molecule has 4 N–H and O–H groups in total. The van der Waals surface area contributed by atoms with Crippen LogP contribution in [-0.4, -0.2) is 10.9 Å². The molecule has 0 spiro atoms. The fraction of sp³-hybridized carbons (Fsp3) is 0.250. The number of nitrogens with two attached hydrogens (primary N) is 1. The minimum Gasteiger partial charge on any atom is -0.397 e. The molecule has 1 aliphatic rings. The second-order valence-corrected chi connectivity index (χ2v) is 5.27. The summed E-state index contributed by atoms with van der Waals surface area (Å²) in [6.07, 6.45) is 3.02. The summed E-state index contributed by atoms with van der Waals surface area (Å²) in [5.74, 6) is 0.0518. The number of hydrogen-bond acceptors (Lipinski definition) is 4. The Hall–Kier alpha value is -2.56. The number of hydrogen-bond donors (Lipinski definition) is 3. The molecule has 3 rings (SSSR count). The zero-order valence-electron chi connectivity index (χ0n) is 11.9. The molecule has 5 nitrogen and oxygen atoms in total. The maximum Gasteiger partial charge on any atom is 0.224 e. The summed E-state index contributed by atoms with van der Waals surface area (Å²) in [7, 11) is 0. The van der Waals surface area contributed by atoms with Gasteiger partial charge in [-0.15, -0.1) is 0 Å². The zero-order chi connectivity index (χ0) is 14.8. The first-order valence-electron chi connectivity index (χ1n) is 7.03. The number of nitrogen functional groups attached to an aromatic ring is 1. The average molecular weight is 282 g/mol. The van der Waals surface area contributed by atoms with Crippen LogP contribution in [-0.2, 0) is 11.2 Å². The van der Waals surface area contributed by atoms with Gasteiger partial charge in [0.2, 0.25) is 5.91 Å². The van der Waals surface area contributed by atoms with E-state index in [1.165, 1.54) is 0 Å². The molecular weight excluding hydrogens is 264 g/mol. The first-order chi connectivity index (χ1) is 10.1. The summed E-state index contributed by atoms with van der Waals surface area (Å²) >= 11 is 0. The van der Waals surface area contributed by atoms with E-state index in [0.717, 1.165) is 29.1 Å². The third kappa shape index (κ3) is 2.81. The predicted molar refractivity (Wildman–Crippen MR) is 84.1 cm³/mol. The van der Waals surface area contributed by atoms with E-state index in [4.69, 9.17) is 5.73 Å². The Morgan fingerprint density at radius 3 is 2.95 bits per heavy atom. The smallest absolute Gasteiger partial charge is 0.224 e. The lowest BCUT2D eigenvalue weighted by molar-refractivity contribution is -0.116. The fourth-order valence-corrected chi connectivity index (χ4v) is 2.51. The topological polar surface area (TPSA) is 80.0 Å². The molecule has 0 aliphatic carbocycles. The maximum absolute atomic E-state index is 11.5. The maximum atomic E-state index is 11.5. The van der Waals surface area contributed by atoms with E-state index in [-0.39, 0.29) is 11.9 Å². The molecule has 0 saturated heterocycles. The van der Waals surface area contributed by atoms with Crippen LogP contribution < -0.4 is 16.4 Å². The van der Waals surface area contributed by atoms with Crippen molar-refractivity contribution in [2.75, 3.05) is 16.4 Å². The Labute approximate surface area is 123 Å². The molecule has 2 heterocycles. The highest BCUT2D eigenvalue weighted by Gasteiger charge is 2.17. The van der Waals surface area contributed by atoms with Gasteiger partial charge >= 0.3 is 0 Å². The van der Waals surface area contributed by atoms with Gasteiger partial charge in [0.1, 0.15) is 0 Å². The summed E-state index contributed by atoms with van der Waals surface area (Å²) in [6.45, 7) is 2.03. The Morgan fingerprint density at radius 2 is 2.19 bits per heavy atom. The number of aromatic nitrogens is 1. The third-order valence-electron chi connectivity index (χ3n) is 3.67. The van der Waals surface area contributed by atoms with Crippen LogP contribution in [0.15, 0.2) is 36.5 Å². The molecule has 21 heavy (non-hydrogen) atoms. The highest BCUT2D eigenvalue weighted by atomic mass is 16.1. The number of aryl methyl sites for hydroxylation is 1. The third-order valence-corrected chi connectivity index (χ3v) is 3.67. The molecule has 1 atom stereocenters. The van der Waals surface area contributed by atoms with Crippen LogP contribution in [0.3, 0.4) is 0 Å². The van der Waals surface area contributed by atoms with Gasteiger partial charge in [-0.1, -0.05) is 6.07 Å². The Balaban J connectivity index is 1.86. The van der Waals surface area contributed by atoms with Gasteiger partial charge in [-0.2, -0.15) is 0 Å². The first-order valence-corrected chi connectivity index (χ1v) is 7.03. The van der Waals surface area contributed by atoms with Crippen LogP contribution in [0, 0.1) is 0 Å². The number of rotatable bonds is 3. The summed E-state index contributed by atoms with van der Waals surface area (Å²) in [4.78, 5) is 15.8. The van der Waals surface area contributed by atoms with E-state index >= 15 is 0 Å². The van der Waals surface area contributed by atoms with Gasteiger partial charge in [-0.3, -0.25) is 9.78 Å². The summed E-state index contributed by atoms with van der Waals surface area (Å²) < 4.78 is 0. The van der Waals surface area contributed by atoms with Crippen LogP contribution in [0.25, 0.3) is 0 Å². The van der Waals surface area contributed by atoms with E-state index in [9.17, 15) is 4.79 Å². The number of carbonyl (C=O) groups excluding carboxylic acids is 1. The van der Waals surface area contributed by atoms with E-state index in [2.05, 4.69) is 15.6 Å². The first kappa shape index (κ1) is 13.4. The van der Waals surface area contributed by atoms with Crippen LogP contribution in [0.1, 0.15) is 30.6 Å². The second kappa shape index (κ2) is 5.44. The number of fused-ring (bicyclic) bond motifs is 1. The number of carbonyl (C=O) groups is 1. The van der Waals surface area contributed by atoms with Crippen molar-refractivity contribution in [1.82, 2.24) is 4.98 Å². The van der Waals surface area contributed by atoms with Crippen LogP contribution in [0.2, 0.25) is 0 Å². The lowest BCUT2D eigenvalue weighted by Crippen LogP contribution is -2.20. The van der Waals surface area contributed by atoms with Gasteiger partial charge < -0.3 is 16.4 Å². The van der Waals surface area contributed by atoms with Crippen LogP contribution in [0.5, 0.6) is 0 Å². The molecule has 1 aromatic heterocycles. The van der Waals surface area contributed by atoms with Crippen molar-refractivity contribution in [1.29, 1.82) is 0 Å². The van der Waals surface area contributed by atoms with Gasteiger partial charge in [0.05, 0.1) is 23.1 Å². The monoisotopic (exact) mass is 282 g/mol. The van der Waals surface area contributed by atoms with E-state index in [0.29, 0.717) is 12.1 Å². The summed E-state index contributed by atoms with van der Waals surface area (Å²) in [6, 6.07) is 9.68. The predicted octanol–water partition coefficient (Wildman–Crippen LogP) is 2.72. The van der Waals surface area contributed by atoms with Crippen molar-refractivity contribution < 1.29 is 4.79 Å². The molecular formula is C16H18N4O. The number of pyridine rings is 1. The number of nitrogens with zero attached hydrogens (tertiary/aromatic N) is 1. The van der Waals surface area contributed by atoms with Crippen molar-refractivity contribution in [2.45, 2.75) is 25.8 Å². The summed E-state index contributed by atoms with van der Waals surface area (Å²) in [5, 5.41) is 6.24. The molecule has 0 saturated carbocycles. The van der Waals surface area contributed by atoms with Gasteiger partial charge in [0.25, 0.3) is 0 Å². The number of benzene rings is 1. The molecule has 1 amide bonds. The number of anilines is 3. The highest BCUT2D eigenvalue weighted by molar-refractivity contribution is 5.95. The van der Waals surface area contributed by atoms with Gasteiger partial charge in [-0.25, -0.2) is 0 Å². The normalized spacial score (nSPS) is 15.0. The molecule has 108 valence electrons. The van der Waals surface area contributed by atoms with E-state index in [1.807, 2.05) is 37.3 Å². The minimum absolute atomic E-state index is 0.0332. The Bertz CT molecular complexity index is 669. The molecule has 0 bridgehead atoms. The fourth-order valence-electron chi connectivity index (χ4n) is 2.51. The number of nitrogens with one attached hydrogen (secondary N) is 2.